The fourth-order valence-electron chi connectivity index (χ4n) is 2.30. The predicted molar refractivity (Wildman–Crippen MR) is 85.0 cm³/mol. The van der Waals surface area contributed by atoms with E-state index in [1.54, 1.807) is 0 Å². The molecule has 0 spiro atoms. The van der Waals surface area contributed by atoms with Crippen molar-refractivity contribution in [1.82, 2.24) is 9.97 Å². The molecule has 1 heterocycles. The number of ether oxygens (including phenoxy) is 1. The molecule has 3 aromatic rings. The maximum absolute atomic E-state index is 12.9. The van der Waals surface area contributed by atoms with E-state index >= 15 is 0 Å². The second-order valence-electron chi connectivity index (χ2n) is 5.01. The van der Waals surface area contributed by atoms with Crippen LogP contribution >= 0.6 is 0 Å². The van der Waals surface area contributed by atoms with Crippen molar-refractivity contribution in [1.29, 1.82) is 0 Å². The molecular formula is C17H14F3N3O. The van der Waals surface area contributed by atoms with E-state index in [0.29, 0.717) is 12.4 Å². The van der Waals surface area contributed by atoms with E-state index in [1.807, 2.05) is 24.3 Å². The molecule has 0 bridgehead atoms. The second-order valence-corrected chi connectivity index (χ2v) is 5.01. The minimum atomic E-state index is -4.44. The molecule has 0 atom stereocenters. The summed E-state index contributed by atoms with van der Waals surface area (Å²) in [5.41, 5.74) is 0.0100. The van der Waals surface area contributed by atoms with Crippen molar-refractivity contribution in [3.05, 3.63) is 60.4 Å². The van der Waals surface area contributed by atoms with E-state index in [1.165, 1.54) is 24.5 Å². The summed E-state index contributed by atoms with van der Waals surface area (Å²) in [7, 11) is 0. The number of nitrogens with zero attached hydrogens (tertiary/aromatic N) is 2. The number of aromatic nitrogens is 2. The van der Waals surface area contributed by atoms with Gasteiger partial charge < -0.3 is 10.1 Å². The molecule has 2 aromatic carbocycles. The average Bonchev–Trinajstić information content (AvgIpc) is 2.58. The van der Waals surface area contributed by atoms with Gasteiger partial charge in [-0.2, -0.15) is 13.2 Å². The molecule has 24 heavy (non-hydrogen) atoms. The highest BCUT2D eigenvalue weighted by Gasteiger charge is 2.33. The summed E-state index contributed by atoms with van der Waals surface area (Å²) in [6.07, 6.45) is -3.00. The molecule has 0 unspecified atom stereocenters. The summed E-state index contributed by atoms with van der Waals surface area (Å²) in [5, 5.41) is 3.90. The zero-order valence-corrected chi connectivity index (χ0v) is 12.5. The Morgan fingerprint density at radius 2 is 1.71 bits per heavy atom. The summed E-state index contributed by atoms with van der Waals surface area (Å²) in [6, 6.07) is 12.6. The van der Waals surface area contributed by atoms with Gasteiger partial charge in [-0.15, -0.1) is 0 Å². The van der Waals surface area contributed by atoms with Crippen LogP contribution in [0.25, 0.3) is 10.9 Å². The third-order valence-electron chi connectivity index (χ3n) is 3.39. The Bertz CT molecular complexity index is 831. The monoisotopic (exact) mass is 333 g/mol. The minimum Gasteiger partial charge on any atom is -0.491 e. The first-order valence-electron chi connectivity index (χ1n) is 7.28. The van der Waals surface area contributed by atoms with Gasteiger partial charge in [0.05, 0.1) is 17.6 Å². The van der Waals surface area contributed by atoms with Crippen LogP contribution in [0.2, 0.25) is 0 Å². The third kappa shape index (κ3) is 3.56. The Kier molecular flexibility index (Phi) is 4.50. The van der Waals surface area contributed by atoms with Crippen molar-refractivity contribution in [2.45, 2.75) is 6.18 Å². The summed E-state index contributed by atoms with van der Waals surface area (Å²) in [5.74, 6) is 0.438. The Morgan fingerprint density at radius 3 is 2.54 bits per heavy atom. The summed E-state index contributed by atoms with van der Waals surface area (Å²) in [4.78, 5) is 8.30. The van der Waals surface area contributed by atoms with Crippen molar-refractivity contribution >= 4 is 16.7 Å². The fourth-order valence-corrected chi connectivity index (χ4v) is 2.30. The topological polar surface area (TPSA) is 47.0 Å². The van der Waals surface area contributed by atoms with Crippen LogP contribution in [-0.2, 0) is 6.18 Å². The van der Waals surface area contributed by atoms with Gasteiger partial charge in [0.25, 0.3) is 0 Å². The first kappa shape index (κ1) is 16.0. The van der Waals surface area contributed by atoms with E-state index < -0.39 is 11.7 Å². The number of rotatable bonds is 5. The number of fused-ring (bicyclic) bond motifs is 1. The molecule has 4 nitrogen and oxygen atoms in total. The molecule has 0 aliphatic rings. The molecule has 0 saturated carbocycles. The molecule has 124 valence electrons. The molecule has 0 amide bonds. The number of hydrogen-bond acceptors (Lipinski definition) is 4. The van der Waals surface area contributed by atoms with E-state index in [4.69, 9.17) is 4.74 Å². The van der Waals surface area contributed by atoms with Crippen molar-refractivity contribution in [2.24, 2.45) is 0 Å². The van der Waals surface area contributed by atoms with Crippen molar-refractivity contribution < 1.29 is 17.9 Å². The van der Waals surface area contributed by atoms with Gasteiger partial charge >= 0.3 is 6.18 Å². The molecular weight excluding hydrogens is 319 g/mol. The number of hydrogen-bond donors (Lipinski definition) is 1. The lowest BCUT2D eigenvalue weighted by Gasteiger charge is -2.14. The quantitative estimate of drug-likeness (QED) is 0.713. The van der Waals surface area contributed by atoms with Crippen LogP contribution in [0.1, 0.15) is 5.56 Å². The Hall–Kier alpha value is -2.83. The Balaban J connectivity index is 1.64. The lowest BCUT2D eigenvalue weighted by Crippen LogP contribution is -2.15. The van der Waals surface area contributed by atoms with E-state index in [2.05, 4.69) is 15.3 Å². The van der Waals surface area contributed by atoms with Crippen molar-refractivity contribution in [3.8, 4) is 5.75 Å². The Morgan fingerprint density at radius 1 is 0.958 bits per heavy atom. The number of alkyl halides is 3. The number of nitrogens with one attached hydrogen (secondary N) is 1. The minimum absolute atomic E-state index is 0.0748. The molecule has 0 fully saturated rings. The largest absolute Gasteiger partial charge is 0.491 e. The normalized spacial score (nSPS) is 11.5. The lowest BCUT2D eigenvalue weighted by molar-refractivity contribution is -0.138. The van der Waals surface area contributed by atoms with Crippen LogP contribution in [0.15, 0.2) is 54.9 Å². The number of para-hydroxylation sites is 2. The van der Waals surface area contributed by atoms with Crippen LogP contribution in [0.5, 0.6) is 5.75 Å². The van der Waals surface area contributed by atoms with E-state index in [9.17, 15) is 13.2 Å². The molecule has 0 aliphatic heterocycles. The molecule has 1 N–H and O–H groups in total. The van der Waals surface area contributed by atoms with Gasteiger partial charge in [0, 0.05) is 5.39 Å². The smallest absolute Gasteiger partial charge is 0.419 e. The van der Waals surface area contributed by atoms with Crippen LogP contribution in [0.3, 0.4) is 0 Å². The lowest BCUT2D eigenvalue weighted by atomic mass is 10.2. The van der Waals surface area contributed by atoms with Gasteiger partial charge in [-0.05, 0) is 24.3 Å². The number of halogens is 3. The molecule has 0 radical (unpaired) electrons. The summed E-state index contributed by atoms with van der Waals surface area (Å²) < 4.78 is 43.9. The molecule has 3 rings (SSSR count). The fraction of sp³-hybridized carbons (Fsp3) is 0.176. The van der Waals surface area contributed by atoms with Crippen LogP contribution in [-0.4, -0.2) is 23.1 Å². The predicted octanol–water partition coefficient (Wildman–Crippen LogP) is 4.14. The van der Waals surface area contributed by atoms with Gasteiger partial charge in [0.1, 0.15) is 24.5 Å². The highest BCUT2D eigenvalue weighted by Crippen LogP contribution is 2.35. The van der Waals surface area contributed by atoms with Gasteiger partial charge in [0.15, 0.2) is 0 Å². The van der Waals surface area contributed by atoms with Gasteiger partial charge in [-0.25, -0.2) is 9.97 Å². The Labute approximate surface area is 136 Å². The number of benzene rings is 2. The van der Waals surface area contributed by atoms with E-state index in [-0.39, 0.29) is 12.4 Å². The molecule has 1 aromatic heterocycles. The molecule has 0 aliphatic carbocycles. The summed E-state index contributed by atoms with van der Waals surface area (Å²) >= 11 is 0. The first-order valence-corrected chi connectivity index (χ1v) is 7.28. The molecule has 7 heteroatoms. The van der Waals surface area contributed by atoms with Crippen LogP contribution < -0.4 is 10.1 Å². The van der Waals surface area contributed by atoms with Crippen LogP contribution in [0, 0.1) is 0 Å². The highest BCUT2D eigenvalue weighted by molar-refractivity contribution is 5.88. The van der Waals surface area contributed by atoms with E-state index in [0.717, 1.165) is 17.0 Å². The SMILES string of the molecule is FC(F)(F)c1ccccc1OCCNc1ncnc2ccccc12. The second kappa shape index (κ2) is 6.74. The summed E-state index contributed by atoms with van der Waals surface area (Å²) in [6.45, 7) is 0.388. The number of anilines is 1. The van der Waals surface area contributed by atoms with Gasteiger partial charge in [-0.1, -0.05) is 24.3 Å². The molecule has 0 saturated heterocycles. The van der Waals surface area contributed by atoms with Gasteiger partial charge in [-0.3, -0.25) is 0 Å². The highest BCUT2D eigenvalue weighted by atomic mass is 19.4. The zero-order valence-electron chi connectivity index (χ0n) is 12.5. The average molecular weight is 333 g/mol. The maximum atomic E-state index is 12.9. The van der Waals surface area contributed by atoms with Crippen molar-refractivity contribution in [2.75, 3.05) is 18.5 Å². The standard InChI is InChI=1S/C17H14F3N3O/c18-17(19,20)13-6-2-4-8-15(13)24-10-9-21-16-12-5-1-3-7-14(12)22-11-23-16/h1-8,11H,9-10H2,(H,21,22,23). The third-order valence-corrected chi connectivity index (χ3v) is 3.39. The van der Waals surface area contributed by atoms with Gasteiger partial charge in [0.2, 0.25) is 0 Å². The maximum Gasteiger partial charge on any atom is 0.419 e. The zero-order chi connectivity index (χ0) is 17.0. The van der Waals surface area contributed by atoms with Crippen molar-refractivity contribution in [3.63, 3.8) is 0 Å². The van der Waals surface area contributed by atoms with Crippen LogP contribution in [0.4, 0.5) is 19.0 Å². The first-order chi connectivity index (χ1) is 11.6.